The SMILES string of the molecule is O=C(CNc1cccc(OCCN2CCOCC2)c1)NN=Cc1c(Cl)cncc1Cl. The Hall–Kier alpha value is -2.39. The minimum absolute atomic E-state index is 0.0480. The van der Waals surface area contributed by atoms with Crippen LogP contribution in [0.15, 0.2) is 41.8 Å². The number of hydrogen-bond donors (Lipinski definition) is 2. The van der Waals surface area contributed by atoms with Gasteiger partial charge in [0, 0.05) is 49.3 Å². The van der Waals surface area contributed by atoms with E-state index in [4.69, 9.17) is 32.7 Å². The molecule has 2 aromatic rings. The summed E-state index contributed by atoms with van der Waals surface area (Å²) >= 11 is 12.0. The van der Waals surface area contributed by atoms with E-state index >= 15 is 0 Å². The van der Waals surface area contributed by atoms with Crippen LogP contribution in [0.1, 0.15) is 5.56 Å². The van der Waals surface area contributed by atoms with Gasteiger partial charge < -0.3 is 14.8 Å². The van der Waals surface area contributed by atoms with Crippen molar-refractivity contribution in [1.82, 2.24) is 15.3 Å². The van der Waals surface area contributed by atoms with Crippen LogP contribution in [0, 0.1) is 0 Å². The third-order valence-corrected chi connectivity index (χ3v) is 4.94. The maximum Gasteiger partial charge on any atom is 0.259 e. The van der Waals surface area contributed by atoms with Crippen molar-refractivity contribution >= 4 is 41.0 Å². The Kier molecular flexibility index (Phi) is 8.70. The Balaban J connectivity index is 1.41. The fraction of sp³-hybridized carbons (Fsp3) is 0.350. The number of morpholine rings is 1. The van der Waals surface area contributed by atoms with Gasteiger partial charge in [-0.25, -0.2) is 5.43 Å². The largest absolute Gasteiger partial charge is 0.492 e. The molecule has 1 saturated heterocycles. The molecule has 3 rings (SSSR count). The normalized spacial score (nSPS) is 14.6. The van der Waals surface area contributed by atoms with Crippen LogP contribution in [-0.2, 0) is 9.53 Å². The van der Waals surface area contributed by atoms with Crippen LogP contribution in [0.3, 0.4) is 0 Å². The molecule has 0 bridgehead atoms. The quantitative estimate of drug-likeness (QED) is 0.450. The van der Waals surface area contributed by atoms with Crippen molar-refractivity contribution in [3.05, 3.63) is 52.3 Å². The van der Waals surface area contributed by atoms with Crippen molar-refractivity contribution in [2.75, 3.05) is 51.3 Å². The van der Waals surface area contributed by atoms with Crippen LogP contribution in [0.2, 0.25) is 10.0 Å². The third kappa shape index (κ3) is 7.14. The highest BCUT2D eigenvalue weighted by Gasteiger charge is 2.10. The molecule has 1 aliphatic heterocycles. The maximum atomic E-state index is 12.0. The summed E-state index contributed by atoms with van der Waals surface area (Å²) in [6, 6.07) is 7.47. The molecule has 0 unspecified atom stereocenters. The van der Waals surface area contributed by atoms with Crippen LogP contribution in [0.4, 0.5) is 5.69 Å². The van der Waals surface area contributed by atoms with Crippen molar-refractivity contribution in [3.63, 3.8) is 0 Å². The van der Waals surface area contributed by atoms with Crippen molar-refractivity contribution < 1.29 is 14.3 Å². The van der Waals surface area contributed by atoms with Gasteiger partial charge in [-0.05, 0) is 12.1 Å². The fourth-order valence-electron chi connectivity index (χ4n) is 2.75. The van der Waals surface area contributed by atoms with E-state index in [2.05, 4.69) is 25.7 Å². The highest BCUT2D eigenvalue weighted by molar-refractivity contribution is 6.38. The molecule has 0 radical (unpaired) electrons. The molecule has 0 atom stereocenters. The van der Waals surface area contributed by atoms with E-state index in [1.54, 1.807) is 0 Å². The molecule has 2 N–H and O–H groups in total. The molecule has 8 nitrogen and oxygen atoms in total. The van der Waals surface area contributed by atoms with Crippen molar-refractivity contribution in [2.24, 2.45) is 5.10 Å². The first-order chi connectivity index (χ1) is 14.6. The molecule has 0 saturated carbocycles. The lowest BCUT2D eigenvalue weighted by molar-refractivity contribution is -0.119. The number of rotatable bonds is 9. The summed E-state index contributed by atoms with van der Waals surface area (Å²) in [6.45, 7) is 4.91. The number of benzene rings is 1. The third-order valence-electron chi connectivity index (χ3n) is 4.34. The molecule has 1 aromatic carbocycles. The number of hydrogen-bond acceptors (Lipinski definition) is 7. The van der Waals surface area contributed by atoms with E-state index in [0.29, 0.717) is 22.2 Å². The molecule has 160 valence electrons. The van der Waals surface area contributed by atoms with Crippen molar-refractivity contribution in [1.29, 1.82) is 0 Å². The molecule has 1 amide bonds. The summed E-state index contributed by atoms with van der Waals surface area (Å²) in [4.78, 5) is 18.2. The molecule has 1 aromatic heterocycles. The lowest BCUT2D eigenvalue weighted by Gasteiger charge is -2.26. The van der Waals surface area contributed by atoms with E-state index in [1.165, 1.54) is 18.6 Å². The van der Waals surface area contributed by atoms with E-state index in [1.807, 2.05) is 24.3 Å². The molecule has 1 aliphatic rings. The van der Waals surface area contributed by atoms with Gasteiger partial charge in [-0.15, -0.1) is 0 Å². The van der Waals surface area contributed by atoms with Crippen LogP contribution in [-0.4, -0.2) is 68.0 Å². The zero-order valence-corrected chi connectivity index (χ0v) is 17.8. The second-order valence-corrected chi connectivity index (χ2v) is 7.31. The Bertz CT molecular complexity index is 855. The zero-order chi connectivity index (χ0) is 21.2. The van der Waals surface area contributed by atoms with E-state index < -0.39 is 0 Å². The average Bonchev–Trinajstić information content (AvgIpc) is 2.75. The monoisotopic (exact) mass is 451 g/mol. The number of carbonyl (C=O) groups is 1. The van der Waals surface area contributed by atoms with Crippen LogP contribution >= 0.6 is 23.2 Å². The number of carbonyl (C=O) groups excluding carboxylic acids is 1. The smallest absolute Gasteiger partial charge is 0.259 e. The number of anilines is 1. The first-order valence-corrected chi connectivity index (χ1v) is 10.2. The molecule has 2 heterocycles. The number of pyridine rings is 1. The minimum atomic E-state index is -0.314. The molecule has 30 heavy (non-hydrogen) atoms. The standard InChI is InChI=1S/C20H23Cl2N5O3/c21-18-12-23-13-19(22)17(18)11-25-26-20(28)14-24-15-2-1-3-16(10-15)30-9-6-27-4-7-29-8-5-27/h1-3,10-13,24H,4-9,14H2,(H,26,28). The van der Waals surface area contributed by atoms with E-state index in [0.717, 1.165) is 44.3 Å². The summed E-state index contributed by atoms with van der Waals surface area (Å²) < 4.78 is 11.2. The van der Waals surface area contributed by atoms with Gasteiger partial charge in [0.05, 0.1) is 36.0 Å². The van der Waals surface area contributed by atoms with Gasteiger partial charge in [0.1, 0.15) is 12.4 Å². The number of halogens is 2. The van der Waals surface area contributed by atoms with Gasteiger partial charge >= 0.3 is 0 Å². The Morgan fingerprint density at radius 1 is 1.27 bits per heavy atom. The first-order valence-electron chi connectivity index (χ1n) is 9.49. The molecule has 0 aliphatic carbocycles. The number of hydrazone groups is 1. The summed E-state index contributed by atoms with van der Waals surface area (Å²) in [5, 5.41) is 7.62. The fourth-order valence-corrected chi connectivity index (χ4v) is 3.21. The van der Waals surface area contributed by atoms with Crippen molar-refractivity contribution in [2.45, 2.75) is 0 Å². The van der Waals surface area contributed by atoms with Crippen LogP contribution in [0.25, 0.3) is 0 Å². The number of ether oxygens (including phenoxy) is 2. The summed E-state index contributed by atoms with van der Waals surface area (Å²) in [7, 11) is 0. The highest BCUT2D eigenvalue weighted by atomic mass is 35.5. The van der Waals surface area contributed by atoms with Crippen molar-refractivity contribution in [3.8, 4) is 5.75 Å². The number of aromatic nitrogens is 1. The Morgan fingerprint density at radius 3 is 2.80 bits per heavy atom. The molecular formula is C20H23Cl2N5O3. The summed E-state index contributed by atoms with van der Waals surface area (Å²) in [5.41, 5.74) is 3.69. The number of nitrogens with one attached hydrogen (secondary N) is 2. The van der Waals surface area contributed by atoms with Gasteiger partial charge in [0.2, 0.25) is 0 Å². The lowest BCUT2D eigenvalue weighted by atomic mass is 10.3. The van der Waals surface area contributed by atoms with Gasteiger partial charge in [0.25, 0.3) is 5.91 Å². The van der Waals surface area contributed by atoms with Gasteiger partial charge in [-0.1, -0.05) is 29.3 Å². The zero-order valence-electron chi connectivity index (χ0n) is 16.3. The van der Waals surface area contributed by atoms with E-state index in [-0.39, 0.29) is 12.5 Å². The van der Waals surface area contributed by atoms with Gasteiger partial charge in [-0.2, -0.15) is 5.10 Å². The maximum absolute atomic E-state index is 12.0. The Morgan fingerprint density at radius 2 is 2.03 bits per heavy atom. The second-order valence-electron chi connectivity index (χ2n) is 6.49. The summed E-state index contributed by atoms with van der Waals surface area (Å²) in [6.07, 6.45) is 4.29. The minimum Gasteiger partial charge on any atom is -0.492 e. The average molecular weight is 452 g/mol. The molecule has 10 heteroatoms. The first kappa shape index (κ1) is 22.3. The van der Waals surface area contributed by atoms with Gasteiger partial charge in [0.15, 0.2) is 0 Å². The second kappa shape index (κ2) is 11.7. The van der Waals surface area contributed by atoms with Crippen LogP contribution in [0.5, 0.6) is 5.75 Å². The lowest BCUT2D eigenvalue weighted by Crippen LogP contribution is -2.38. The highest BCUT2D eigenvalue weighted by Crippen LogP contribution is 2.20. The molecule has 1 fully saturated rings. The molecular weight excluding hydrogens is 429 g/mol. The topological polar surface area (TPSA) is 88.1 Å². The van der Waals surface area contributed by atoms with E-state index in [9.17, 15) is 4.79 Å². The number of nitrogens with zero attached hydrogens (tertiary/aromatic N) is 3. The Labute approximate surface area is 185 Å². The predicted octanol–water partition coefficient (Wildman–Crippen LogP) is 2.66. The number of amides is 1. The molecule has 0 spiro atoms. The van der Waals surface area contributed by atoms with Crippen LogP contribution < -0.4 is 15.5 Å². The predicted molar refractivity (Wildman–Crippen MR) is 118 cm³/mol. The summed E-state index contributed by atoms with van der Waals surface area (Å²) in [5.74, 6) is 0.430. The van der Waals surface area contributed by atoms with Gasteiger partial charge in [-0.3, -0.25) is 14.7 Å².